The van der Waals surface area contributed by atoms with Crippen molar-refractivity contribution in [1.82, 2.24) is 15.6 Å². The van der Waals surface area contributed by atoms with E-state index in [4.69, 9.17) is 0 Å². The number of aromatic nitrogens is 2. The van der Waals surface area contributed by atoms with E-state index in [0.29, 0.717) is 17.6 Å². The molecule has 1 aromatic heterocycles. The van der Waals surface area contributed by atoms with Crippen molar-refractivity contribution in [3.8, 4) is 0 Å². The third kappa shape index (κ3) is 12.1. The second-order valence-corrected chi connectivity index (χ2v) is 9.98. The number of aliphatic hydroxyl groups is 2. The van der Waals surface area contributed by atoms with Crippen molar-refractivity contribution < 1.29 is 24.6 Å². The summed E-state index contributed by atoms with van der Waals surface area (Å²) in [5.41, 5.74) is 1.08. The first-order chi connectivity index (χ1) is 19.0. The zero-order valence-electron chi connectivity index (χ0n) is 23.1. The maximum atomic E-state index is 12.1. The highest BCUT2D eigenvalue weighted by Gasteiger charge is 2.19. The molecule has 0 fully saturated rings. The number of hydrogen-bond donors (Lipinski definition) is 4. The molecule has 11 nitrogen and oxygen atoms in total. The first kappa shape index (κ1) is 32.2. The smallest absolute Gasteiger partial charge is 0.300 e. The number of nitrogens with one attached hydrogen (secondary N) is 2. The lowest BCUT2D eigenvalue weighted by Crippen LogP contribution is -2.45. The number of amides is 1. The highest BCUT2D eigenvalue weighted by Crippen LogP contribution is 2.28. The Morgan fingerprint density at radius 1 is 1.03 bits per heavy atom. The van der Waals surface area contributed by atoms with Crippen molar-refractivity contribution in [3.63, 3.8) is 0 Å². The van der Waals surface area contributed by atoms with Crippen LogP contribution in [0.3, 0.4) is 0 Å². The van der Waals surface area contributed by atoms with Gasteiger partial charge in [-0.15, -0.1) is 0 Å². The zero-order chi connectivity index (χ0) is 28.3. The summed E-state index contributed by atoms with van der Waals surface area (Å²) in [5, 5.41) is 44.3. The standard InChI is InChI=1S/C28H45N5O6/c1-2-3-4-10-14-17-26(36)30-23(21-34)25(35)16-13-11-8-6-5-7-9-12-15-20-29-22-18-19-24(33(37)38)28-27(22)31-39-32-28/h13,16,18-19,23,25,29,34-35H,2-12,14-15,17,20-21H2,1H3,(H,30,36)/b16-13+/t23-,25+/m0/s1. The van der Waals surface area contributed by atoms with E-state index in [2.05, 4.69) is 32.5 Å². The Balaban J connectivity index is 1.49. The van der Waals surface area contributed by atoms with Crippen molar-refractivity contribution in [3.05, 3.63) is 34.4 Å². The lowest BCUT2D eigenvalue weighted by molar-refractivity contribution is -0.383. The maximum absolute atomic E-state index is 12.1. The molecule has 0 unspecified atom stereocenters. The molecule has 2 atom stereocenters. The van der Waals surface area contributed by atoms with Crippen molar-refractivity contribution in [1.29, 1.82) is 0 Å². The Morgan fingerprint density at radius 2 is 1.69 bits per heavy atom. The lowest BCUT2D eigenvalue weighted by Gasteiger charge is -2.20. The Labute approximate surface area is 230 Å². The maximum Gasteiger partial charge on any atom is 0.300 e. The van der Waals surface area contributed by atoms with E-state index in [1.165, 1.54) is 12.5 Å². The molecule has 0 saturated carbocycles. The summed E-state index contributed by atoms with van der Waals surface area (Å²) in [6.45, 7) is 2.60. The molecular weight excluding hydrogens is 502 g/mol. The van der Waals surface area contributed by atoms with Gasteiger partial charge in [0.25, 0.3) is 0 Å². The van der Waals surface area contributed by atoms with E-state index in [9.17, 15) is 25.1 Å². The first-order valence-corrected chi connectivity index (χ1v) is 14.4. The summed E-state index contributed by atoms with van der Waals surface area (Å²) >= 11 is 0. The van der Waals surface area contributed by atoms with E-state index in [1.54, 1.807) is 12.1 Å². The Bertz CT molecular complexity index is 1010. The predicted octanol–water partition coefficient (Wildman–Crippen LogP) is 5.42. The van der Waals surface area contributed by atoms with E-state index >= 15 is 0 Å². The summed E-state index contributed by atoms with van der Waals surface area (Å²) in [5.74, 6) is -0.121. The van der Waals surface area contributed by atoms with Crippen LogP contribution in [0.25, 0.3) is 11.0 Å². The predicted molar refractivity (Wildman–Crippen MR) is 151 cm³/mol. The Morgan fingerprint density at radius 3 is 2.41 bits per heavy atom. The minimum absolute atomic E-state index is 0.120. The molecule has 0 bridgehead atoms. The Kier molecular flexibility index (Phi) is 15.7. The lowest BCUT2D eigenvalue weighted by atomic mass is 10.1. The summed E-state index contributed by atoms with van der Waals surface area (Å²) in [6.07, 6.45) is 17.0. The normalized spacial score (nSPS) is 13.1. The molecule has 1 heterocycles. The SMILES string of the molecule is CCCCCCCC(=O)N[C@@H](CO)[C@H](O)/C=C/CCCCCCCCCNc1ccc([N+](=O)[O-])c2nonc12. The molecule has 0 saturated heterocycles. The van der Waals surface area contributed by atoms with Gasteiger partial charge in [0.05, 0.1) is 29.4 Å². The summed E-state index contributed by atoms with van der Waals surface area (Å²) in [6, 6.07) is 2.37. The second kappa shape index (κ2) is 19.1. The monoisotopic (exact) mass is 547 g/mol. The van der Waals surface area contributed by atoms with Gasteiger partial charge in [-0.2, -0.15) is 0 Å². The minimum atomic E-state index is -0.893. The molecule has 0 radical (unpaired) electrons. The molecule has 0 spiro atoms. The molecule has 11 heteroatoms. The third-order valence-corrected chi connectivity index (χ3v) is 6.75. The van der Waals surface area contributed by atoms with Crippen LogP contribution in [0.15, 0.2) is 28.9 Å². The van der Waals surface area contributed by atoms with Gasteiger partial charge in [-0.3, -0.25) is 14.9 Å². The topological polar surface area (TPSA) is 164 Å². The molecule has 1 amide bonds. The summed E-state index contributed by atoms with van der Waals surface area (Å²) in [4.78, 5) is 22.6. The van der Waals surface area contributed by atoms with Gasteiger partial charge in [-0.05, 0) is 42.1 Å². The largest absolute Gasteiger partial charge is 0.394 e. The second-order valence-electron chi connectivity index (χ2n) is 9.98. The number of hydrogen-bond acceptors (Lipinski definition) is 9. The molecule has 218 valence electrons. The quantitative estimate of drug-likeness (QED) is 0.0652. The number of nitro benzene ring substituents is 1. The van der Waals surface area contributed by atoms with E-state index in [0.717, 1.165) is 83.6 Å². The number of unbranched alkanes of at least 4 members (excludes halogenated alkanes) is 11. The number of nitro groups is 1. The molecule has 4 N–H and O–H groups in total. The van der Waals surface area contributed by atoms with E-state index in [1.807, 2.05) is 6.08 Å². The van der Waals surface area contributed by atoms with E-state index < -0.39 is 17.1 Å². The van der Waals surface area contributed by atoms with Crippen LogP contribution in [-0.4, -0.2) is 56.7 Å². The molecule has 39 heavy (non-hydrogen) atoms. The molecule has 0 aliphatic rings. The van der Waals surface area contributed by atoms with Gasteiger partial charge in [0.1, 0.15) is 0 Å². The number of carbonyl (C=O) groups excluding carboxylic acids is 1. The fraction of sp³-hybridized carbons (Fsp3) is 0.679. The highest BCUT2D eigenvalue weighted by molar-refractivity contribution is 5.93. The molecule has 0 aliphatic heterocycles. The fourth-order valence-electron chi connectivity index (χ4n) is 4.41. The van der Waals surface area contributed by atoms with Crippen LogP contribution in [0.5, 0.6) is 0 Å². The van der Waals surface area contributed by atoms with Gasteiger partial charge in [0.2, 0.25) is 11.4 Å². The van der Waals surface area contributed by atoms with Crippen molar-refractivity contribution >= 4 is 28.3 Å². The number of benzene rings is 1. The average Bonchev–Trinajstić information content (AvgIpc) is 3.42. The average molecular weight is 548 g/mol. The number of carbonyl (C=O) groups is 1. The van der Waals surface area contributed by atoms with Crippen LogP contribution >= 0.6 is 0 Å². The van der Waals surface area contributed by atoms with Gasteiger partial charge in [-0.1, -0.05) is 76.9 Å². The van der Waals surface area contributed by atoms with Crippen LogP contribution in [-0.2, 0) is 4.79 Å². The van der Waals surface area contributed by atoms with Crippen LogP contribution in [0.1, 0.15) is 96.8 Å². The molecule has 2 rings (SSSR count). The number of nitrogens with zero attached hydrogens (tertiary/aromatic N) is 3. The van der Waals surface area contributed by atoms with Crippen LogP contribution in [0, 0.1) is 10.1 Å². The summed E-state index contributed by atoms with van der Waals surface area (Å²) < 4.78 is 4.68. The molecule has 1 aromatic carbocycles. The van der Waals surface area contributed by atoms with Crippen molar-refractivity contribution in [2.24, 2.45) is 0 Å². The molecule has 2 aromatic rings. The number of allylic oxidation sites excluding steroid dienone is 1. The van der Waals surface area contributed by atoms with E-state index in [-0.39, 0.29) is 23.7 Å². The number of aliphatic hydroxyl groups excluding tert-OH is 2. The fourth-order valence-corrected chi connectivity index (χ4v) is 4.41. The van der Waals surface area contributed by atoms with Crippen LogP contribution in [0.4, 0.5) is 11.4 Å². The van der Waals surface area contributed by atoms with Gasteiger partial charge < -0.3 is 20.8 Å². The number of non-ortho nitro benzene ring substituents is 1. The highest BCUT2D eigenvalue weighted by atomic mass is 16.6. The Hall–Kier alpha value is -3.05. The summed E-state index contributed by atoms with van der Waals surface area (Å²) in [7, 11) is 0. The third-order valence-electron chi connectivity index (χ3n) is 6.75. The van der Waals surface area contributed by atoms with Crippen molar-refractivity contribution in [2.75, 3.05) is 18.5 Å². The number of anilines is 1. The van der Waals surface area contributed by atoms with Gasteiger partial charge >= 0.3 is 5.69 Å². The molecule has 0 aliphatic carbocycles. The van der Waals surface area contributed by atoms with Gasteiger partial charge in [-0.25, -0.2) is 4.63 Å². The van der Waals surface area contributed by atoms with Crippen LogP contribution < -0.4 is 10.6 Å². The van der Waals surface area contributed by atoms with Crippen molar-refractivity contribution in [2.45, 2.75) is 109 Å². The zero-order valence-corrected chi connectivity index (χ0v) is 23.1. The first-order valence-electron chi connectivity index (χ1n) is 14.4. The minimum Gasteiger partial charge on any atom is -0.394 e. The molecular formula is C28H45N5O6. The number of fused-ring (bicyclic) bond motifs is 1. The van der Waals surface area contributed by atoms with Gasteiger partial charge in [0, 0.05) is 19.0 Å². The van der Waals surface area contributed by atoms with Crippen LogP contribution in [0.2, 0.25) is 0 Å². The number of rotatable bonds is 22. The van der Waals surface area contributed by atoms with Gasteiger partial charge in [0.15, 0.2) is 5.52 Å².